The maximum atomic E-state index is 12.4. The third kappa shape index (κ3) is 3.50. The van der Waals surface area contributed by atoms with Crippen LogP contribution in [0.15, 0.2) is 12.3 Å². The van der Waals surface area contributed by atoms with Crippen molar-refractivity contribution in [3.63, 3.8) is 0 Å². The van der Waals surface area contributed by atoms with Crippen molar-refractivity contribution in [2.45, 2.75) is 58.1 Å². The molecule has 1 aliphatic carbocycles. The minimum atomic E-state index is -0.535. The summed E-state index contributed by atoms with van der Waals surface area (Å²) in [6.45, 7) is 5.83. The van der Waals surface area contributed by atoms with E-state index in [-0.39, 0.29) is 11.9 Å². The Kier molecular flexibility index (Phi) is 4.57. The van der Waals surface area contributed by atoms with Crippen LogP contribution in [0.5, 0.6) is 0 Å². The summed E-state index contributed by atoms with van der Waals surface area (Å²) in [6.07, 6.45) is 6.72. The lowest BCUT2D eigenvalue weighted by atomic mass is 9.71. The standard InChI is InChI=1S/C18H27N3O2/c1-13-9-15(10-19-14(13)2)11-20-17(22)21-8-7-18(23)6-4-3-5-16(18)12-21/h9-10,16,23H,3-8,11-12H2,1-2H3,(H,20,22)/t16-,18-/m0/s1. The third-order valence-corrected chi connectivity index (χ3v) is 5.56. The topological polar surface area (TPSA) is 65.5 Å². The van der Waals surface area contributed by atoms with E-state index in [9.17, 15) is 9.90 Å². The quantitative estimate of drug-likeness (QED) is 0.881. The number of nitrogens with one attached hydrogen (secondary N) is 1. The Bertz CT molecular complexity index is 590. The summed E-state index contributed by atoms with van der Waals surface area (Å²) < 4.78 is 0. The van der Waals surface area contributed by atoms with Crippen molar-refractivity contribution in [2.75, 3.05) is 13.1 Å². The van der Waals surface area contributed by atoms with Gasteiger partial charge >= 0.3 is 6.03 Å². The number of hydrogen-bond acceptors (Lipinski definition) is 3. The summed E-state index contributed by atoms with van der Waals surface area (Å²) in [5, 5.41) is 13.7. The van der Waals surface area contributed by atoms with Crippen molar-refractivity contribution in [3.8, 4) is 0 Å². The minimum Gasteiger partial charge on any atom is -0.389 e. The molecule has 23 heavy (non-hydrogen) atoms. The van der Waals surface area contributed by atoms with Crippen LogP contribution < -0.4 is 5.32 Å². The van der Waals surface area contributed by atoms with Gasteiger partial charge in [-0.2, -0.15) is 0 Å². The van der Waals surface area contributed by atoms with Gasteiger partial charge in [-0.3, -0.25) is 4.98 Å². The number of likely N-dealkylation sites (tertiary alicyclic amines) is 1. The summed E-state index contributed by atoms with van der Waals surface area (Å²) >= 11 is 0. The zero-order valence-corrected chi connectivity index (χ0v) is 14.1. The molecule has 1 aliphatic heterocycles. The molecule has 2 heterocycles. The van der Waals surface area contributed by atoms with E-state index in [1.54, 1.807) is 0 Å². The largest absolute Gasteiger partial charge is 0.389 e. The van der Waals surface area contributed by atoms with Crippen molar-refractivity contribution < 1.29 is 9.90 Å². The Hall–Kier alpha value is -1.62. The Morgan fingerprint density at radius 1 is 1.43 bits per heavy atom. The molecule has 2 N–H and O–H groups in total. The van der Waals surface area contributed by atoms with Gasteiger partial charge in [0.2, 0.25) is 0 Å². The highest BCUT2D eigenvalue weighted by molar-refractivity contribution is 5.74. The molecule has 5 nitrogen and oxygen atoms in total. The highest BCUT2D eigenvalue weighted by atomic mass is 16.3. The van der Waals surface area contributed by atoms with Crippen molar-refractivity contribution in [1.29, 1.82) is 0 Å². The molecule has 1 aromatic rings. The van der Waals surface area contributed by atoms with E-state index in [1.807, 2.05) is 24.9 Å². The number of pyridine rings is 1. The van der Waals surface area contributed by atoms with Gasteiger partial charge in [0.25, 0.3) is 0 Å². The van der Waals surface area contributed by atoms with Gasteiger partial charge in [-0.1, -0.05) is 18.9 Å². The van der Waals surface area contributed by atoms with E-state index >= 15 is 0 Å². The van der Waals surface area contributed by atoms with Crippen molar-refractivity contribution >= 4 is 6.03 Å². The molecule has 2 amide bonds. The van der Waals surface area contributed by atoms with E-state index in [1.165, 1.54) is 0 Å². The number of aliphatic hydroxyl groups is 1. The molecule has 0 bridgehead atoms. The number of piperidine rings is 1. The molecule has 1 saturated carbocycles. The second-order valence-electron chi connectivity index (χ2n) is 7.15. The molecule has 2 fully saturated rings. The second kappa shape index (κ2) is 6.48. The summed E-state index contributed by atoms with van der Waals surface area (Å²) in [5.41, 5.74) is 2.65. The summed E-state index contributed by atoms with van der Waals surface area (Å²) in [7, 11) is 0. The molecule has 1 aromatic heterocycles. The number of fused-ring (bicyclic) bond motifs is 1. The summed E-state index contributed by atoms with van der Waals surface area (Å²) in [6, 6.07) is 2.04. The molecule has 0 aromatic carbocycles. The first-order valence-corrected chi connectivity index (χ1v) is 8.65. The number of carbonyl (C=O) groups excluding carboxylic acids is 1. The van der Waals surface area contributed by atoms with Gasteiger partial charge in [-0.05, 0) is 44.2 Å². The highest BCUT2D eigenvalue weighted by Crippen LogP contribution is 2.39. The number of aromatic nitrogens is 1. The maximum absolute atomic E-state index is 12.4. The highest BCUT2D eigenvalue weighted by Gasteiger charge is 2.43. The lowest BCUT2D eigenvalue weighted by molar-refractivity contribution is -0.0870. The first-order chi connectivity index (χ1) is 11.0. The van der Waals surface area contributed by atoms with E-state index in [0.717, 1.165) is 42.5 Å². The molecule has 1 saturated heterocycles. The molecule has 3 rings (SSSR count). The Labute approximate surface area is 138 Å². The zero-order valence-electron chi connectivity index (χ0n) is 14.1. The van der Waals surface area contributed by atoms with Crippen LogP contribution in [0, 0.1) is 19.8 Å². The average molecular weight is 317 g/mol. The first kappa shape index (κ1) is 16.2. The zero-order chi connectivity index (χ0) is 16.4. The monoisotopic (exact) mass is 317 g/mol. The number of nitrogens with zero attached hydrogens (tertiary/aromatic N) is 2. The smallest absolute Gasteiger partial charge is 0.317 e. The molecule has 0 spiro atoms. The van der Waals surface area contributed by atoms with Crippen LogP contribution in [-0.4, -0.2) is 39.7 Å². The number of carbonyl (C=O) groups is 1. The summed E-state index contributed by atoms with van der Waals surface area (Å²) in [4.78, 5) is 18.6. The Morgan fingerprint density at radius 3 is 3.04 bits per heavy atom. The van der Waals surface area contributed by atoms with Crippen LogP contribution in [0.4, 0.5) is 4.79 Å². The molecule has 126 valence electrons. The van der Waals surface area contributed by atoms with Crippen LogP contribution in [0.2, 0.25) is 0 Å². The fourth-order valence-electron chi connectivity index (χ4n) is 3.84. The normalized spacial score (nSPS) is 27.4. The molecule has 0 radical (unpaired) electrons. The average Bonchev–Trinajstić information content (AvgIpc) is 2.54. The molecule has 0 unspecified atom stereocenters. The number of urea groups is 1. The van der Waals surface area contributed by atoms with Gasteiger partial charge in [0.15, 0.2) is 0 Å². The van der Waals surface area contributed by atoms with Crippen molar-refractivity contribution in [3.05, 3.63) is 29.1 Å². The van der Waals surface area contributed by atoms with Crippen molar-refractivity contribution in [1.82, 2.24) is 15.2 Å². The third-order valence-electron chi connectivity index (χ3n) is 5.56. The molecular weight excluding hydrogens is 290 g/mol. The molecular formula is C18H27N3O2. The molecule has 2 atom stereocenters. The number of aryl methyl sites for hydroxylation is 2. The van der Waals surface area contributed by atoms with Crippen LogP contribution >= 0.6 is 0 Å². The minimum absolute atomic E-state index is 0.0316. The van der Waals surface area contributed by atoms with E-state index in [0.29, 0.717) is 26.1 Å². The number of amides is 2. The van der Waals surface area contributed by atoms with E-state index in [2.05, 4.69) is 16.4 Å². The van der Waals surface area contributed by atoms with E-state index in [4.69, 9.17) is 0 Å². The van der Waals surface area contributed by atoms with Gasteiger partial charge in [-0.15, -0.1) is 0 Å². The number of hydrogen-bond donors (Lipinski definition) is 2. The predicted molar refractivity (Wildman–Crippen MR) is 89.0 cm³/mol. The number of rotatable bonds is 2. The predicted octanol–water partition coefficient (Wildman–Crippen LogP) is 2.54. The lowest BCUT2D eigenvalue weighted by Crippen LogP contribution is -2.56. The molecule has 2 aliphatic rings. The van der Waals surface area contributed by atoms with Gasteiger partial charge in [0.05, 0.1) is 5.60 Å². The van der Waals surface area contributed by atoms with Crippen LogP contribution in [0.1, 0.15) is 48.9 Å². The van der Waals surface area contributed by atoms with Crippen LogP contribution in [-0.2, 0) is 6.54 Å². The second-order valence-corrected chi connectivity index (χ2v) is 7.15. The fraction of sp³-hybridized carbons (Fsp3) is 0.667. The van der Waals surface area contributed by atoms with Crippen LogP contribution in [0.3, 0.4) is 0 Å². The maximum Gasteiger partial charge on any atom is 0.317 e. The van der Waals surface area contributed by atoms with Crippen molar-refractivity contribution in [2.24, 2.45) is 5.92 Å². The lowest BCUT2D eigenvalue weighted by Gasteiger charge is -2.47. The molecule has 5 heteroatoms. The fourth-order valence-corrected chi connectivity index (χ4v) is 3.84. The van der Waals surface area contributed by atoms with Gasteiger partial charge < -0.3 is 15.3 Å². The summed E-state index contributed by atoms with van der Waals surface area (Å²) in [5.74, 6) is 0.235. The Balaban J connectivity index is 1.55. The van der Waals surface area contributed by atoms with Gasteiger partial charge in [-0.25, -0.2) is 4.79 Å². The van der Waals surface area contributed by atoms with Gasteiger partial charge in [0.1, 0.15) is 0 Å². The SMILES string of the molecule is Cc1cc(CNC(=O)N2CC[C@@]3(O)CCCC[C@H]3C2)cnc1C. The first-order valence-electron chi connectivity index (χ1n) is 8.65. The van der Waals surface area contributed by atoms with E-state index < -0.39 is 5.60 Å². The Morgan fingerprint density at radius 2 is 2.26 bits per heavy atom. The van der Waals surface area contributed by atoms with Gasteiger partial charge in [0, 0.05) is 37.4 Å². The van der Waals surface area contributed by atoms with Crippen LogP contribution in [0.25, 0.3) is 0 Å².